The molecule has 0 aromatic carbocycles. The van der Waals surface area contributed by atoms with Gasteiger partial charge in [0.2, 0.25) is 5.88 Å². The number of amides is 1. The third-order valence-electron chi connectivity index (χ3n) is 2.96. The number of rotatable bonds is 3. The molecule has 0 aliphatic carbocycles. The molecular weight excluding hydrogens is 262 g/mol. The molecule has 1 fully saturated rings. The summed E-state index contributed by atoms with van der Waals surface area (Å²) in [6.45, 7) is 2.77. The number of aromatic nitrogens is 2. The molecule has 7 heteroatoms. The maximum Gasteiger partial charge on any atom is 0.397 e. The van der Waals surface area contributed by atoms with Crippen molar-refractivity contribution in [3.8, 4) is 5.88 Å². The van der Waals surface area contributed by atoms with Crippen LogP contribution in [0.15, 0.2) is 18.6 Å². The molecule has 0 spiro atoms. The van der Waals surface area contributed by atoms with Gasteiger partial charge in [-0.2, -0.15) is 0 Å². The number of hydrogen-bond acceptors (Lipinski definition) is 6. The number of nitrogens with zero attached hydrogens (tertiary/aromatic N) is 3. The van der Waals surface area contributed by atoms with Crippen LogP contribution >= 0.6 is 0 Å². The number of esters is 1. The highest BCUT2D eigenvalue weighted by molar-refractivity contribution is 6.32. The molecule has 0 saturated carbocycles. The number of hydrogen-bond donors (Lipinski definition) is 0. The molecule has 0 radical (unpaired) electrons. The van der Waals surface area contributed by atoms with Crippen molar-refractivity contribution >= 4 is 11.9 Å². The van der Waals surface area contributed by atoms with E-state index in [1.807, 2.05) is 0 Å². The second-order valence-corrected chi connectivity index (χ2v) is 4.40. The van der Waals surface area contributed by atoms with Gasteiger partial charge in [0.15, 0.2) is 0 Å². The number of carbonyl (C=O) groups is 2. The van der Waals surface area contributed by atoms with E-state index in [1.165, 1.54) is 11.2 Å². The Balaban J connectivity index is 1.91. The summed E-state index contributed by atoms with van der Waals surface area (Å²) in [5.41, 5.74) is 0. The van der Waals surface area contributed by atoms with Crippen molar-refractivity contribution in [3.63, 3.8) is 0 Å². The largest absolute Gasteiger partial charge is 0.472 e. The molecule has 1 unspecified atom stereocenters. The second-order valence-electron chi connectivity index (χ2n) is 4.40. The van der Waals surface area contributed by atoms with E-state index in [2.05, 4.69) is 9.97 Å². The summed E-state index contributed by atoms with van der Waals surface area (Å²) in [5, 5.41) is 0. The van der Waals surface area contributed by atoms with Gasteiger partial charge in [-0.05, 0) is 19.8 Å². The van der Waals surface area contributed by atoms with E-state index in [-0.39, 0.29) is 12.7 Å². The quantitative estimate of drug-likeness (QED) is 0.589. The fraction of sp³-hybridized carbons (Fsp3) is 0.538. The van der Waals surface area contributed by atoms with Crippen molar-refractivity contribution in [3.05, 3.63) is 18.6 Å². The topological polar surface area (TPSA) is 81.6 Å². The van der Waals surface area contributed by atoms with Crippen LogP contribution in [0.2, 0.25) is 0 Å². The highest BCUT2D eigenvalue weighted by atomic mass is 16.5. The minimum absolute atomic E-state index is 0.169. The third-order valence-corrected chi connectivity index (χ3v) is 2.96. The van der Waals surface area contributed by atoms with Gasteiger partial charge in [-0.3, -0.25) is 4.79 Å². The summed E-state index contributed by atoms with van der Waals surface area (Å²) in [6.07, 6.45) is 4.42. The van der Waals surface area contributed by atoms with Crippen LogP contribution in [-0.2, 0) is 14.3 Å². The summed E-state index contributed by atoms with van der Waals surface area (Å²) in [4.78, 5) is 32.5. The van der Waals surface area contributed by atoms with Gasteiger partial charge in [-0.1, -0.05) is 0 Å². The van der Waals surface area contributed by atoms with Crippen LogP contribution in [0.5, 0.6) is 5.88 Å². The Hall–Kier alpha value is -2.18. The Morgan fingerprint density at radius 2 is 2.35 bits per heavy atom. The molecule has 1 aromatic rings. The van der Waals surface area contributed by atoms with Crippen LogP contribution in [0.25, 0.3) is 0 Å². The van der Waals surface area contributed by atoms with Gasteiger partial charge in [0.05, 0.1) is 13.2 Å². The van der Waals surface area contributed by atoms with Gasteiger partial charge in [0.1, 0.15) is 12.4 Å². The fourth-order valence-electron chi connectivity index (χ4n) is 2.06. The SMILES string of the molecule is CCOC(=O)C(=O)N1CCCC(Oc2ccncn2)C1. The normalized spacial score (nSPS) is 18.4. The van der Waals surface area contributed by atoms with Crippen molar-refractivity contribution in [2.24, 2.45) is 0 Å². The molecule has 7 nitrogen and oxygen atoms in total. The van der Waals surface area contributed by atoms with Crippen molar-refractivity contribution in [1.82, 2.24) is 14.9 Å². The Labute approximate surface area is 116 Å². The summed E-state index contributed by atoms with van der Waals surface area (Å²) < 4.78 is 10.4. The van der Waals surface area contributed by atoms with E-state index >= 15 is 0 Å². The summed E-state index contributed by atoms with van der Waals surface area (Å²) in [5.74, 6) is -0.951. The van der Waals surface area contributed by atoms with Crippen molar-refractivity contribution in [2.45, 2.75) is 25.9 Å². The van der Waals surface area contributed by atoms with E-state index in [9.17, 15) is 9.59 Å². The minimum atomic E-state index is -0.810. The molecule has 1 aromatic heterocycles. The molecule has 2 rings (SSSR count). The lowest BCUT2D eigenvalue weighted by Crippen LogP contribution is -2.47. The van der Waals surface area contributed by atoms with Crippen LogP contribution in [0.3, 0.4) is 0 Å². The fourth-order valence-corrected chi connectivity index (χ4v) is 2.06. The molecule has 1 aliphatic rings. The number of ether oxygens (including phenoxy) is 2. The first-order valence-electron chi connectivity index (χ1n) is 6.59. The monoisotopic (exact) mass is 279 g/mol. The first-order chi connectivity index (χ1) is 9.70. The molecule has 20 heavy (non-hydrogen) atoms. The van der Waals surface area contributed by atoms with Gasteiger partial charge < -0.3 is 14.4 Å². The Kier molecular flexibility index (Phi) is 4.86. The second kappa shape index (κ2) is 6.83. The Bertz CT molecular complexity index is 466. The van der Waals surface area contributed by atoms with Gasteiger partial charge in [0, 0.05) is 18.8 Å². The molecule has 0 N–H and O–H groups in total. The van der Waals surface area contributed by atoms with Gasteiger partial charge in [-0.15, -0.1) is 0 Å². The van der Waals surface area contributed by atoms with Gasteiger partial charge in [-0.25, -0.2) is 14.8 Å². The first-order valence-corrected chi connectivity index (χ1v) is 6.59. The molecule has 108 valence electrons. The zero-order valence-corrected chi connectivity index (χ0v) is 11.3. The highest BCUT2D eigenvalue weighted by Gasteiger charge is 2.29. The molecule has 1 amide bonds. The predicted octanol–water partition coefficient (Wildman–Crippen LogP) is 0.409. The molecule has 1 aliphatic heterocycles. The Morgan fingerprint density at radius 1 is 1.50 bits per heavy atom. The maximum atomic E-state index is 11.9. The molecular formula is C13H17N3O4. The summed E-state index contributed by atoms with van der Waals surface area (Å²) >= 11 is 0. The smallest absolute Gasteiger partial charge is 0.397 e. The number of carbonyl (C=O) groups excluding carboxylic acids is 2. The average Bonchev–Trinajstić information content (AvgIpc) is 2.48. The van der Waals surface area contributed by atoms with Gasteiger partial charge in [0.25, 0.3) is 0 Å². The number of likely N-dealkylation sites (tertiary alicyclic amines) is 1. The first kappa shape index (κ1) is 14.2. The molecule has 2 heterocycles. The van der Waals surface area contributed by atoms with E-state index in [0.29, 0.717) is 19.0 Å². The maximum absolute atomic E-state index is 11.9. The zero-order valence-electron chi connectivity index (χ0n) is 11.3. The summed E-state index contributed by atoms with van der Waals surface area (Å²) in [7, 11) is 0. The summed E-state index contributed by atoms with van der Waals surface area (Å²) in [6, 6.07) is 1.66. The third kappa shape index (κ3) is 3.66. The minimum Gasteiger partial charge on any atom is -0.472 e. The lowest BCUT2D eigenvalue weighted by atomic mass is 10.1. The van der Waals surface area contributed by atoms with Crippen LogP contribution in [0.4, 0.5) is 0 Å². The molecule has 1 atom stereocenters. The average molecular weight is 279 g/mol. The lowest BCUT2D eigenvalue weighted by Gasteiger charge is -2.31. The van der Waals surface area contributed by atoms with Gasteiger partial charge >= 0.3 is 11.9 Å². The molecule has 0 bridgehead atoms. The lowest BCUT2D eigenvalue weighted by molar-refractivity contribution is -0.161. The van der Waals surface area contributed by atoms with E-state index in [4.69, 9.17) is 9.47 Å². The predicted molar refractivity (Wildman–Crippen MR) is 68.9 cm³/mol. The van der Waals surface area contributed by atoms with Crippen LogP contribution in [0.1, 0.15) is 19.8 Å². The Morgan fingerprint density at radius 3 is 3.05 bits per heavy atom. The standard InChI is InChI=1S/C13H17N3O4/c1-2-19-13(18)12(17)16-7-3-4-10(8-16)20-11-5-6-14-9-15-11/h5-6,9-10H,2-4,7-8H2,1H3. The number of piperidine rings is 1. The highest BCUT2D eigenvalue weighted by Crippen LogP contribution is 2.16. The van der Waals surface area contributed by atoms with E-state index < -0.39 is 11.9 Å². The van der Waals surface area contributed by atoms with Crippen LogP contribution in [-0.4, -0.2) is 52.5 Å². The van der Waals surface area contributed by atoms with Crippen LogP contribution in [0, 0.1) is 0 Å². The van der Waals surface area contributed by atoms with E-state index in [1.54, 1.807) is 19.2 Å². The van der Waals surface area contributed by atoms with Crippen molar-refractivity contribution < 1.29 is 19.1 Å². The zero-order chi connectivity index (χ0) is 14.4. The van der Waals surface area contributed by atoms with Crippen molar-refractivity contribution in [2.75, 3.05) is 19.7 Å². The van der Waals surface area contributed by atoms with Crippen molar-refractivity contribution in [1.29, 1.82) is 0 Å². The molecule has 1 saturated heterocycles. The van der Waals surface area contributed by atoms with E-state index in [0.717, 1.165) is 12.8 Å². The van der Waals surface area contributed by atoms with Crippen LogP contribution < -0.4 is 4.74 Å².